The van der Waals surface area contributed by atoms with Gasteiger partial charge in [0.25, 0.3) is 0 Å². The minimum Gasteiger partial charge on any atom is -0.457 e. The summed E-state index contributed by atoms with van der Waals surface area (Å²) in [5, 5.41) is 18.4. The molecule has 0 saturated carbocycles. The maximum absolute atomic E-state index is 12.6. The molecule has 0 aliphatic heterocycles. The van der Waals surface area contributed by atoms with E-state index in [1.807, 2.05) is 0 Å². The van der Waals surface area contributed by atoms with Gasteiger partial charge in [0.05, 0.1) is 26.4 Å². The number of unbranched alkanes of at least 4 members (excludes halogenated alkanes) is 10. The molecule has 0 aromatic carbocycles. The molecule has 9 nitrogen and oxygen atoms in total. The molecule has 3 atom stereocenters. The molecule has 0 spiro atoms. The molecule has 3 unspecified atom stereocenters. The highest BCUT2D eigenvalue weighted by Crippen LogP contribution is 2.43. The van der Waals surface area contributed by atoms with E-state index >= 15 is 0 Å². The number of phosphoric acid groups is 1. The monoisotopic (exact) mass is 859 g/mol. The van der Waals surface area contributed by atoms with Crippen LogP contribution in [0.1, 0.15) is 155 Å². The van der Waals surface area contributed by atoms with Crippen molar-refractivity contribution in [3.63, 3.8) is 0 Å². The summed E-state index contributed by atoms with van der Waals surface area (Å²) in [6, 6.07) is 0. The van der Waals surface area contributed by atoms with Crippen LogP contribution in [-0.2, 0) is 27.9 Å². The fourth-order valence-corrected chi connectivity index (χ4v) is 6.28. The predicted octanol–water partition coefficient (Wildman–Crippen LogP) is 13.0. The van der Waals surface area contributed by atoms with E-state index < -0.39 is 45.8 Å². The summed E-state index contributed by atoms with van der Waals surface area (Å²) in [7, 11) is -4.55. The number of rotatable bonds is 42. The Morgan fingerprint density at radius 1 is 0.533 bits per heavy atom. The van der Waals surface area contributed by atoms with E-state index in [4.69, 9.17) is 23.6 Å². The number of ether oxygens (including phenoxy) is 2. The second kappa shape index (κ2) is 45.6. The van der Waals surface area contributed by atoms with Gasteiger partial charge in [-0.15, -0.1) is 0 Å². The van der Waals surface area contributed by atoms with Gasteiger partial charge in [-0.3, -0.25) is 13.8 Å². The molecule has 3 N–H and O–H groups in total. The molecule has 0 aliphatic carbocycles. The first kappa shape index (κ1) is 57.1. The first-order valence-corrected chi connectivity index (χ1v) is 24.4. The predicted molar refractivity (Wildman–Crippen MR) is 251 cm³/mol. The van der Waals surface area contributed by atoms with Crippen molar-refractivity contribution in [3.05, 3.63) is 109 Å². The minimum absolute atomic E-state index is 0.00394. The highest BCUT2D eigenvalue weighted by Gasteiger charge is 2.26. The molecule has 0 amide bonds. The Morgan fingerprint density at radius 3 is 1.43 bits per heavy atom. The van der Waals surface area contributed by atoms with Gasteiger partial charge in [-0.2, -0.15) is 0 Å². The summed E-state index contributed by atoms with van der Waals surface area (Å²) in [6.45, 7) is 3.17. The largest absolute Gasteiger partial charge is 0.472 e. The van der Waals surface area contributed by atoms with Crippen molar-refractivity contribution in [2.24, 2.45) is 0 Å². The van der Waals surface area contributed by atoms with Crippen LogP contribution in [0.3, 0.4) is 0 Å². The fourth-order valence-electron chi connectivity index (χ4n) is 5.49. The highest BCUT2D eigenvalue weighted by atomic mass is 31.2. The zero-order chi connectivity index (χ0) is 43.9. The maximum atomic E-state index is 12.6. The van der Waals surface area contributed by atoms with E-state index in [9.17, 15) is 19.4 Å². The Bertz CT molecular complexity index is 1290. The lowest BCUT2D eigenvalue weighted by Crippen LogP contribution is -2.29. The van der Waals surface area contributed by atoms with E-state index in [-0.39, 0.29) is 13.0 Å². The van der Waals surface area contributed by atoms with Gasteiger partial charge in [0.2, 0.25) is 0 Å². The van der Waals surface area contributed by atoms with Gasteiger partial charge in [0.15, 0.2) is 0 Å². The first-order valence-electron chi connectivity index (χ1n) is 22.9. The summed E-state index contributed by atoms with van der Waals surface area (Å²) >= 11 is 0. The molecule has 0 aliphatic rings. The van der Waals surface area contributed by atoms with E-state index in [0.29, 0.717) is 13.0 Å². The number of phosphoric ester groups is 1. The SMILES string of the molecule is CC/C=C\C/C=C\C/C=C\C/C=C\C/C=C\C/C=C\CCCOCC(COP(=O)(O)OCC(O)CO)OC(=O)CCCCCCCC/C=C\C/C=C\C/C=C\CCCCC. The second-order valence-corrected chi connectivity index (χ2v) is 16.1. The lowest BCUT2D eigenvalue weighted by atomic mass is 10.1. The molecule has 0 rings (SSSR count). The molecule has 0 saturated heterocycles. The summed E-state index contributed by atoms with van der Waals surface area (Å²) in [4.78, 5) is 22.6. The van der Waals surface area contributed by atoms with Crippen molar-refractivity contribution in [2.45, 2.75) is 167 Å². The van der Waals surface area contributed by atoms with Crippen molar-refractivity contribution in [2.75, 3.05) is 33.0 Å². The van der Waals surface area contributed by atoms with Gasteiger partial charge in [-0.1, -0.05) is 162 Å². The van der Waals surface area contributed by atoms with Crippen molar-refractivity contribution >= 4 is 13.8 Å². The Balaban J connectivity index is 4.32. The molecule has 60 heavy (non-hydrogen) atoms. The highest BCUT2D eigenvalue weighted by molar-refractivity contribution is 7.47. The van der Waals surface area contributed by atoms with Crippen LogP contribution in [0.4, 0.5) is 0 Å². The standard InChI is InChI=1S/C50H83O9P/c1-3-5-7-9-11-13-15-17-19-21-23-25-27-29-31-33-35-37-39-41-43-56-46-49(47-58-60(54,55)57-45-48(52)44-51)59-50(53)42-40-38-36-34-32-30-28-26-24-22-20-18-16-14-12-10-8-6-4-2/h5,7,11-14,17-20,23-26,29,31,35,37,48-49,51-52H,3-4,6,8-10,15-16,21-22,27-28,30,32-34,36,38-47H2,1-2H3,(H,54,55)/b7-5-,13-11-,14-12-,19-17-,20-18-,25-23-,26-24-,31-29-,37-35-. The number of carbonyl (C=O) groups excluding carboxylic acids is 1. The molecular formula is C50H83O9P. The van der Waals surface area contributed by atoms with Crippen molar-refractivity contribution in [3.8, 4) is 0 Å². The van der Waals surface area contributed by atoms with Crippen molar-refractivity contribution in [1.29, 1.82) is 0 Å². The molecule has 0 fully saturated rings. The van der Waals surface area contributed by atoms with Crippen LogP contribution in [0.15, 0.2) is 109 Å². The Labute approximate surface area is 365 Å². The van der Waals surface area contributed by atoms with E-state index in [2.05, 4.69) is 123 Å². The van der Waals surface area contributed by atoms with Gasteiger partial charge in [0.1, 0.15) is 12.2 Å². The van der Waals surface area contributed by atoms with E-state index in [0.717, 1.165) is 103 Å². The van der Waals surface area contributed by atoms with Gasteiger partial charge in [0, 0.05) is 13.0 Å². The Hall–Kier alpha value is -2.88. The second-order valence-electron chi connectivity index (χ2n) is 14.7. The third-order valence-corrected chi connectivity index (χ3v) is 9.89. The minimum atomic E-state index is -4.55. The number of allylic oxidation sites excluding steroid dienone is 18. The van der Waals surface area contributed by atoms with Crippen LogP contribution < -0.4 is 0 Å². The van der Waals surface area contributed by atoms with Crippen LogP contribution in [0.5, 0.6) is 0 Å². The number of aliphatic hydroxyl groups excluding tert-OH is 2. The summed E-state index contributed by atoms with van der Waals surface area (Å²) < 4.78 is 33.3. The van der Waals surface area contributed by atoms with Gasteiger partial charge in [-0.25, -0.2) is 4.57 Å². The molecule has 342 valence electrons. The van der Waals surface area contributed by atoms with Crippen LogP contribution in [0, 0.1) is 0 Å². The van der Waals surface area contributed by atoms with E-state index in [1.54, 1.807) is 0 Å². The summed E-state index contributed by atoms with van der Waals surface area (Å²) in [6.07, 6.45) is 59.1. The van der Waals surface area contributed by atoms with Crippen molar-refractivity contribution < 1.29 is 43.0 Å². The number of carbonyl (C=O) groups is 1. The summed E-state index contributed by atoms with van der Waals surface area (Å²) in [5.41, 5.74) is 0. The zero-order valence-corrected chi connectivity index (χ0v) is 38.3. The van der Waals surface area contributed by atoms with Crippen LogP contribution in [0.25, 0.3) is 0 Å². The topological polar surface area (TPSA) is 132 Å². The molecule has 0 bridgehead atoms. The Morgan fingerprint density at radius 2 is 0.950 bits per heavy atom. The summed E-state index contributed by atoms with van der Waals surface area (Å²) in [5.74, 6) is -0.420. The fraction of sp³-hybridized carbons (Fsp3) is 0.620. The van der Waals surface area contributed by atoms with Gasteiger partial charge in [-0.05, 0) is 96.3 Å². The Kier molecular flexibility index (Phi) is 43.5. The van der Waals surface area contributed by atoms with Crippen LogP contribution in [-0.4, -0.2) is 66.3 Å². The van der Waals surface area contributed by atoms with Crippen LogP contribution in [0.2, 0.25) is 0 Å². The van der Waals surface area contributed by atoms with E-state index in [1.165, 1.54) is 25.7 Å². The molecule has 0 heterocycles. The lowest BCUT2D eigenvalue weighted by Gasteiger charge is -2.20. The van der Waals surface area contributed by atoms with Gasteiger partial charge < -0.3 is 24.6 Å². The van der Waals surface area contributed by atoms with Crippen LogP contribution >= 0.6 is 7.82 Å². The first-order chi connectivity index (χ1) is 29.3. The molecule has 0 aromatic rings. The van der Waals surface area contributed by atoms with Crippen molar-refractivity contribution in [1.82, 2.24) is 0 Å². The average Bonchev–Trinajstić information content (AvgIpc) is 3.24. The quantitative estimate of drug-likeness (QED) is 0.0238. The number of hydrogen-bond acceptors (Lipinski definition) is 8. The number of hydrogen-bond donors (Lipinski definition) is 3. The lowest BCUT2D eigenvalue weighted by molar-refractivity contribution is -0.154. The zero-order valence-electron chi connectivity index (χ0n) is 37.4. The average molecular weight is 859 g/mol. The molecule has 10 heteroatoms. The normalized spacial score (nSPS) is 14.9. The van der Waals surface area contributed by atoms with Gasteiger partial charge >= 0.3 is 13.8 Å². The number of esters is 1. The third-order valence-electron chi connectivity index (χ3n) is 8.94. The smallest absolute Gasteiger partial charge is 0.457 e. The third kappa shape index (κ3) is 44.7. The molecule has 0 radical (unpaired) electrons. The number of aliphatic hydroxyl groups is 2. The molecular weight excluding hydrogens is 776 g/mol. The maximum Gasteiger partial charge on any atom is 0.472 e. The molecule has 0 aromatic heterocycles.